The largest absolute Gasteiger partial charge is 0.477 e. The van der Waals surface area contributed by atoms with Crippen LogP contribution >= 0.6 is 25.3 Å². The first-order valence-corrected chi connectivity index (χ1v) is 2.41. The van der Waals surface area contributed by atoms with Crippen LogP contribution in [0.1, 0.15) is 0 Å². The van der Waals surface area contributed by atoms with Gasteiger partial charge in [0.25, 0.3) is 0 Å². The van der Waals surface area contributed by atoms with Crippen LogP contribution in [0.4, 0.5) is 0 Å². The van der Waals surface area contributed by atoms with Crippen molar-refractivity contribution in [1.29, 1.82) is 0 Å². The maximum Gasteiger partial charge on any atom is 0.342 e. The van der Waals surface area contributed by atoms with E-state index in [1.54, 1.807) is 0 Å². The summed E-state index contributed by atoms with van der Waals surface area (Å²) >= 11 is 7.05. The molecule has 0 saturated heterocycles. The second-order valence-corrected chi connectivity index (χ2v) is 1.56. The molecule has 0 heterocycles. The van der Waals surface area contributed by atoms with Crippen LogP contribution in [0.3, 0.4) is 0 Å². The highest BCUT2D eigenvalue weighted by atomic mass is 32.1. The van der Waals surface area contributed by atoms with Crippen molar-refractivity contribution in [3.8, 4) is 0 Å². The average Bonchev–Trinajstić information content (AvgIpc) is 1.65. The second kappa shape index (κ2) is 2.98. The summed E-state index contributed by atoms with van der Waals surface area (Å²) in [5, 5.41) is 9.10. The number of hydrogen-bond donors (Lipinski definition) is 3. The van der Waals surface area contributed by atoms with Crippen LogP contribution in [0.5, 0.6) is 0 Å². The van der Waals surface area contributed by atoms with E-state index >= 15 is 0 Å². The molecule has 2 nitrogen and oxygen atoms in total. The molecule has 4 heteroatoms. The van der Waals surface area contributed by atoms with Gasteiger partial charge in [0.1, 0.15) is 0 Å². The molecule has 0 aliphatic carbocycles. The summed E-state index contributed by atoms with van der Waals surface area (Å²) in [5.41, 5.74) is 0. The third-order valence-electron chi connectivity index (χ3n) is 0.341. The highest BCUT2D eigenvalue weighted by Crippen LogP contribution is 1.99. The zero-order valence-electron chi connectivity index (χ0n) is 3.33. The van der Waals surface area contributed by atoms with Gasteiger partial charge in [-0.1, -0.05) is 0 Å². The molecule has 0 amide bonds. The van der Waals surface area contributed by atoms with Crippen molar-refractivity contribution in [2.45, 2.75) is 0 Å². The maximum absolute atomic E-state index is 9.74. The highest BCUT2D eigenvalue weighted by molar-refractivity contribution is 7.88. The first-order chi connectivity index (χ1) is 3.18. The van der Waals surface area contributed by atoms with E-state index in [1.165, 1.54) is 0 Å². The van der Waals surface area contributed by atoms with E-state index in [1.807, 2.05) is 0 Å². The normalized spacial score (nSPS) is 11.4. The van der Waals surface area contributed by atoms with Crippen molar-refractivity contribution in [3.05, 3.63) is 10.3 Å². The Morgan fingerprint density at radius 1 is 1.71 bits per heavy atom. The molecule has 0 atom stereocenters. The molecule has 0 aromatic rings. The average molecular weight is 136 g/mol. The standard InChI is InChI=1S/C3H4O2S2/c4-3(5)2(7)1-6/h1,6-7H,(H,4,5). The van der Waals surface area contributed by atoms with E-state index in [-0.39, 0.29) is 4.91 Å². The van der Waals surface area contributed by atoms with Gasteiger partial charge >= 0.3 is 5.97 Å². The third-order valence-corrected chi connectivity index (χ3v) is 1.12. The molecule has 0 aromatic carbocycles. The fraction of sp³-hybridized carbons (Fsp3) is 0. The molecule has 0 saturated carbocycles. The lowest BCUT2D eigenvalue weighted by Gasteiger charge is -1.82. The molecule has 0 aliphatic rings. The molecule has 7 heavy (non-hydrogen) atoms. The van der Waals surface area contributed by atoms with Crippen molar-refractivity contribution < 1.29 is 9.90 Å². The van der Waals surface area contributed by atoms with Crippen LogP contribution in [0.15, 0.2) is 10.3 Å². The second-order valence-electron chi connectivity index (χ2n) is 0.819. The van der Waals surface area contributed by atoms with E-state index in [4.69, 9.17) is 5.11 Å². The lowest BCUT2D eigenvalue weighted by molar-refractivity contribution is -0.131. The zero-order valence-corrected chi connectivity index (χ0v) is 5.12. The SMILES string of the molecule is O=C(O)C(S)=CS. The lowest BCUT2D eigenvalue weighted by Crippen LogP contribution is -1.91. The number of carbonyl (C=O) groups is 1. The van der Waals surface area contributed by atoms with Gasteiger partial charge in [0.2, 0.25) is 0 Å². The Kier molecular flexibility index (Phi) is 2.95. The molecule has 0 radical (unpaired) electrons. The number of hydrogen-bond acceptors (Lipinski definition) is 3. The molecule has 40 valence electrons. The van der Waals surface area contributed by atoms with Gasteiger partial charge in [-0.15, -0.1) is 25.3 Å². The predicted octanol–water partition coefficient (Wildman–Crippen LogP) is 0.772. The minimum absolute atomic E-state index is 0.0525. The number of carboxylic acid groups (broad SMARTS) is 1. The van der Waals surface area contributed by atoms with Crippen molar-refractivity contribution in [2.24, 2.45) is 0 Å². The van der Waals surface area contributed by atoms with Gasteiger partial charge in [-0.05, 0) is 5.41 Å². The molecular formula is C3H4O2S2. The fourth-order valence-electron chi connectivity index (χ4n) is 0.0552. The molecular weight excluding hydrogens is 132 g/mol. The lowest BCUT2D eigenvalue weighted by atomic mass is 10.7. The molecule has 0 fully saturated rings. The van der Waals surface area contributed by atoms with Crippen molar-refractivity contribution in [1.82, 2.24) is 0 Å². The van der Waals surface area contributed by atoms with Gasteiger partial charge in [0, 0.05) is 0 Å². The minimum Gasteiger partial charge on any atom is -0.477 e. The van der Waals surface area contributed by atoms with E-state index in [9.17, 15) is 4.79 Å². The van der Waals surface area contributed by atoms with Crippen LogP contribution in [0.2, 0.25) is 0 Å². The van der Waals surface area contributed by atoms with Crippen LogP contribution in [-0.4, -0.2) is 11.1 Å². The van der Waals surface area contributed by atoms with Crippen molar-refractivity contribution >= 4 is 31.2 Å². The summed E-state index contributed by atoms with van der Waals surface area (Å²) in [5.74, 6) is -1.06. The Labute approximate surface area is 52.0 Å². The summed E-state index contributed by atoms with van der Waals surface area (Å²) in [6, 6.07) is 0. The summed E-state index contributed by atoms with van der Waals surface area (Å²) in [6.45, 7) is 0. The topological polar surface area (TPSA) is 37.3 Å². The van der Waals surface area contributed by atoms with Gasteiger partial charge in [0.05, 0.1) is 4.91 Å². The quantitative estimate of drug-likeness (QED) is 0.368. The number of carboxylic acids is 1. The number of aliphatic carboxylic acids is 1. The van der Waals surface area contributed by atoms with Gasteiger partial charge in [0.15, 0.2) is 0 Å². The number of rotatable bonds is 1. The Morgan fingerprint density at radius 3 is 2.14 bits per heavy atom. The first-order valence-electron chi connectivity index (χ1n) is 1.45. The Balaban J connectivity index is 3.82. The molecule has 1 N–H and O–H groups in total. The molecule has 0 aliphatic heterocycles. The minimum atomic E-state index is -1.06. The first kappa shape index (κ1) is 6.91. The van der Waals surface area contributed by atoms with Crippen LogP contribution in [0.25, 0.3) is 0 Å². The predicted molar refractivity (Wildman–Crippen MR) is 33.7 cm³/mol. The summed E-state index contributed by atoms with van der Waals surface area (Å²) < 4.78 is 0. The smallest absolute Gasteiger partial charge is 0.342 e. The van der Waals surface area contributed by atoms with Crippen molar-refractivity contribution in [2.75, 3.05) is 0 Å². The van der Waals surface area contributed by atoms with E-state index < -0.39 is 5.97 Å². The Morgan fingerprint density at radius 2 is 2.14 bits per heavy atom. The van der Waals surface area contributed by atoms with E-state index in [2.05, 4.69) is 25.3 Å². The maximum atomic E-state index is 9.74. The summed E-state index contributed by atoms with van der Waals surface area (Å²) in [6.07, 6.45) is 0. The monoisotopic (exact) mass is 136 g/mol. The fourth-order valence-corrected chi connectivity index (χ4v) is 0.166. The molecule has 0 aromatic heterocycles. The Bertz CT molecular complexity index is 108. The van der Waals surface area contributed by atoms with Crippen LogP contribution in [-0.2, 0) is 4.79 Å². The van der Waals surface area contributed by atoms with Crippen LogP contribution < -0.4 is 0 Å². The van der Waals surface area contributed by atoms with Gasteiger partial charge in [-0.2, -0.15) is 0 Å². The summed E-state index contributed by atoms with van der Waals surface area (Å²) in [7, 11) is 0. The van der Waals surface area contributed by atoms with E-state index in [0.717, 1.165) is 5.41 Å². The van der Waals surface area contributed by atoms with Gasteiger partial charge < -0.3 is 5.11 Å². The zero-order chi connectivity index (χ0) is 5.86. The van der Waals surface area contributed by atoms with Gasteiger partial charge in [-0.25, -0.2) is 4.79 Å². The van der Waals surface area contributed by atoms with Crippen molar-refractivity contribution in [3.63, 3.8) is 0 Å². The summed E-state index contributed by atoms with van der Waals surface area (Å²) in [4.78, 5) is 9.68. The van der Waals surface area contributed by atoms with Crippen LogP contribution in [0, 0.1) is 0 Å². The third kappa shape index (κ3) is 2.59. The molecule has 0 rings (SSSR count). The molecule has 0 unspecified atom stereocenters. The number of thiol groups is 2. The molecule has 0 bridgehead atoms. The highest BCUT2D eigenvalue weighted by Gasteiger charge is 1.95. The van der Waals surface area contributed by atoms with Gasteiger partial charge in [-0.3, -0.25) is 0 Å². The van der Waals surface area contributed by atoms with E-state index in [0.29, 0.717) is 0 Å². The molecule has 0 spiro atoms. The Hall–Kier alpha value is -0.0900.